The van der Waals surface area contributed by atoms with Gasteiger partial charge in [0.1, 0.15) is 0 Å². The van der Waals surface area contributed by atoms with Crippen molar-refractivity contribution in [2.75, 3.05) is 0 Å². The molecule has 0 saturated carbocycles. The highest BCUT2D eigenvalue weighted by molar-refractivity contribution is 7.18. The number of hydrogen-bond acceptors (Lipinski definition) is 0. The summed E-state index contributed by atoms with van der Waals surface area (Å²) in [4.78, 5) is 0. The zero-order chi connectivity index (χ0) is 14.2. The van der Waals surface area contributed by atoms with Crippen LogP contribution in [-0.2, 0) is 10.6 Å². The number of hydrogen-bond donors (Lipinski definition) is 0. The normalized spacial score (nSPS) is 16.4. The van der Waals surface area contributed by atoms with Crippen molar-refractivity contribution in [1.29, 1.82) is 0 Å². The van der Waals surface area contributed by atoms with Crippen molar-refractivity contribution >= 4 is 9.24 Å². The van der Waals surface area contributed by atoms with Gasteiger partial charge in [0.05, 0.1) is 0 Å². The van der Waals surface area contributed by atoms with Crippen molar-refractivity contribution in [3.05, 3.63) is 35.4 Å². The molecule has 0 aliphatic carbocycles. The molecule has 1 aromatic rings. The van der Waals surface area contributed by atoms with E-state index in [2.05, 4.69) is 82.0 Å². The first-order valence-corrected chi connectivity index (χ1v) is 7.50. The molecule has 0 fully saturated rings. The predicted octanol–water partition coefficient (Wildman–Crippen LogP) is 5.51. The first-order chi connectivity index (χ1) is 8.02. The van der Waals surface area contributed by atoms with Gasteiger partial charge in [-0.05, 0) is 28.4 Å². The van der Waals surface area contributed by atoms with Crippen LogP contribution in [0, 0.1) is 5.41 Å². The lowest BCUT2D eigenvalue weighted by atomic mass is 9.73. The summed E-state index contributed by atoms with van der Waals surface area (Å²) in [6.07, 6.45) is 1.17. The van der Waals surface area contributed by atoms with E-state index in [-0.39, 0.29) is 16.0 Å². The van der Waals surface area contributed by atoms with Gasteiger partial charge in [-0.2, -0.15) is 0 Å². The average Bonchev–Trinajstić information content (AvgIpc) is 2.27. The van der Waals surface area contributed by atoms with Crippen molar-refractivity contribution in [2.24, 2.45) is 5.41 Å². The molecule has 0 N–H and O–H groups in total. The first kappa shape index (κ1) is 15.7. The second-order valence-electron chi connectivity index (χ2n) is 7.27. The molecule has 2 atom stereocenters. The molecule has 0 heterocycles. The third-order valence-electron chi connectivity index (χ3n) is 4.64. The third-order valence-corrected chi connectivity index (χ3v) is 5.76. The Kier molecular flexibility index (Phi) is 4.34. The lowest BCUT2D eigenvalue weighted by molar-refractivity contribution is 0.257. The van der Waals surface area contributed by atoms with Crippen LogP contribution in [0.1, 0.15) is 66.0 Å². The molecule has 2 unspecified atom stereocenters. The molecule has 1 aromatic carbocycles. The standard InChI is InChI=1S/C17H29P/c1-8-16(5,6)17(7,18)14-11-9-13(10-12-14)15(2,3)4/h9-12H,8,18H2,1-7H3. The van der Waals surface area contributed by atoms with Crippen LogP contribution in [0.2, 0.25) is 0 Å². The molecule has 1 heteroatoms. The maximum Gasteiger partial charge on any atom is 0.0120 e. The van der Waals surface area contributed by atoms with Gasteiger partial charge in [0.25, 0.3) is 0 Å². The summed E-state index contributed by atoms with van der Waals surface area (Å²) in [6.45, 7) is 16.1. The van der Waals surface area contributed by atoms with Crippen LogP contribution in [0.4, 0.5) is 0 Å². The molecule has 0 spiro atoms. The highest BCUT2D eigenvalue weighted by Gasteiger charge is 2.37. The lowest BCUT2D eigenvalue weighted by Gasteiger charge is -2.41. The SMILES string of the molecule is CCC(C)(C)C(C)(P)c1ccc(C(C)(C)C)cc1. The van der Waals surface area contributed by atoms with Gasteiger partial charge in [-0.15, -0.1) is 9.24 Å². The zero-order valence-corrected chi connectivity index (χ0v) is 14.2. The van der Waals surface area contributed by atoms with E-state index in [0.29, 0.717) is 0 Å². The topological polar surface area (TPSA) is 0 Å². The Balaban J connectivity index is 3.13. The van der Waals surface area contributed by atoms with E-state index in [1.165, 1.54) is 17.5 Å². The second-order valence-corrected chi connectivity index (χ2v) is 8.42. The highest BCUT2D eigenvalue weighted by Crippen LogP contribution is 2.49. The average molecular weight is 264 g/mol. The minimum atomic E-state index is 0.123. The van der Waals surface area contributed by atoms with Crippen LogP contribution >= 0.6 is 9.24 Å². The summed E-state index contributed by atoms with van der Waals surface area (Å²) in [5.41, 5.74) is 3.32. The summed E-state index contributed by atoms with van der Waals surface area (Å²) < 4.78 is 0. The molecule has 0 nitrogen and oxygen atoms in total. The third kappa shape index (κ3) is 2.97. The van der Waals surface area contributed by atoms with Crippen molar-refractivity contribution < 1.29 is 0 Å². The fourth-order valence-corrected chi connectivity index (χ4v) is 2.47. The predicted molar refractivity (Wildman–Crippen MR) is 86.3 cm³/mol. The molecular formula is C17H29P. The Labute approximate surface area is 116 Å². The number of rotatable bonds is 3. The van der Waals surface area contributed by atoms with Gasteiger partial charge in [0.2, 0.25) is 0 Å². The summed E-state index contributed by atoms with van der Waals surface area (Å²) in [7, 11) is 3.07. The summed E-state index contributed by atoms with van der Waals surface area (Å²) in [5.74, 6) is 0. The molecule has 0 saturated heterocycles. The van der Waals surface area contributed by atoms with Crippen LogP contribution in [0.25, 0.3) is 0 Å². The van der Waals surface area contributed by atoms with E-state index in [4.69, 9.17) is 0 Å². The minimum absolute atomic E-state index is 0.123. The van der Waals surface area contributed by atoms with Crippen molar-refractivity contribution in [2.45, 2.75) is 65.5 Å². The van der Waals surface area contributed by atoms with Gasteiger partial charge >= 0.3 is 0 Å². The summed E-state index contributed by atoms with van der Waals surface area (Å²) in [5, 5.41) is 0.123. The zero-order valence-electron chi connectivity index (χ0n) is 13.1. The van der Waals surface area contributed by atoms with Crippen molar-refractivity contribution in [1.82, 2.24) is 0 Å². The van der Waals surface area contributed by atoms with Gasteiger partial charge < -0.3 is 0 Å². The molecule has 0 bridgehead atoms. The van der Waals surface area contributed by atoms with E-state index < -0.39 is 0 Å². The monoisotopic (exact) mass is 264 g/mol. The molecule has 0 aromatic heterocycles. The van der Waals surface area contributed by atoms with E-state index >= 15 is 0 Å². The molecule has 18 heavy (non-hydrogen) atoms. The summed E-state index contributed by atoms with van der Waals surface area (Å²) >= 11 is 0. The fourth-order valence-electron chi connectivity index (χ4n) is 2.07. The highest BCUT2D eigenvalue weighted by atomic mass is 31.0. The molecule has 0 radical (unpaired) electrons. The second kappa shape index (κ2) is 4.97. The molecule has 1 rings (SSSR count). The van der Waals surface area contributed by atoms with Crippen LogP contribution < -0.4 is 0 Å². The largest absolute Gasteiger partial charge is 0.126 e. The van der Waals surface area contributed by atoms with Crippen molar-refractivity contribution in [3.8, 4) is 0 Å². The Bertz CT molecular complexity index is 391. The van der Waals surface area contributed by atoms with Crippen LogP contribution in [-0.4, -0.2) is 0 Å². The van der Waals surface area contributed by atoms with Gasteiger partial charge in [-0.3, -0.25) is 0 Å². The molecule has 0 amide bonds. The van der Waals surface area contributed by atoms with Crippen molar-refractivity contribution in [3.63, 3.8) is 0 Å². The van der Waals surface area contributed by atoms with Crippen LogP contribution in [0.5, 0.6) is 0 Å². The van der Waals surface area contributed by atoms with E-state index in [0.717, 1.165) is 0 Å². The minimum Gasteiger partial charge on any atom is -0.126 e. The van der Waals surface area contributed by atoms with Gasteiger partial charge in [0, 0.05) is 5.16 Å². The quantitative estimate of drug-likeness (QED) is 0.631. The molecule has 102 valence electrons. The van der Waals surface area contributed by atoms with E-state index in [1.807, 2.05) is 0 Å². The maximum absolute atomic E-state index is 3.07. The number of benzene rings is 1. The van der Waals surface area contributed by atoms with Gasteiger partial charge in [-0.1, -0.05) is 72.7 Å². The fraction of sp³-hybridized carbons (Fsp3) is 0.647. The van der Waals surface area contributed by atoms with Crippen LogP contribution in [0.15, 0.2) is 24.3 Å². The molecule has 0 aliphatic heterocycles. The van der Waals surface area contributed by atoms with Crippen LogP contribution in [0.3, 0.4) is 0 Å². The van der Waals surface area contributed by atoms with E-state index in [9.17, 15) is 0 Å². The lowest BCUT2D eigenvalue weighted by Crippen LogP contribution is -2.33. The molecular weight excluding hydrogens is 235 g/mol. The Hall–Kier alpha value is -0.350. The Morgan fingerprint density at radius 2 is 1.22 bits per heavy atom. The van der Waals surface area contributed by atoms with E-state index in [1.54, 1.807) is 0 Å². The summed E-state index contributed by atoms with van der Waals surface area (Å²) in [6, 6.07) is 9.16. The Morgan fingerprint density at radius 1 is 0.833 bits per heavy atom. The molecule has 0 aliphatic rings. The Morgan fingerprint density at radius 3 is 1.56 bits per heavy atom. The maximum atomic E-state index is 3.07. The first-order valence-electron chi connectivity index (χ1n) is 6.92. The van der Waals surface area contributed by atoms with Gasteiger partial charge in [0.15, 0.2) is 0 Å². The smallest absolute Gasteiger partial charge is 0.0120 e. The van der Waals surface area contributed by atoms with Gasteiger partial charge in [-0.25, -0.2) is 0 Å².